The largest absolute Gasteiger partial charge is 0.343 e. The van der Waals surface area contributed by atoms with Crippen LogP contribution in [0.15, 0.2) is 73.3 Å². The molecule has 0 aliphatic rings. The van der Waals surface area contributed by atoms with Crippen molar-refractivity contribution in [2.45, 2.75) is 26.4 Å². The van der Waals surface area contributed by atoms with Crippen LogP contribution in [0.1, 0.15) is 33.4 Å². The van der Waals surface area contributed by atoms with E-state index < -0.39 is 0 Å². The Kier molecular flexibility index (Phi) is 5.43. The Morgan fingerprint density at radius 3 is 2.60 bits per heavy atom. The van der Waals surface area contributed by atoms with Crippen molar-refractivity contribution in [1.82, 2.24) is 24.6 Å². The van der Waals surface area contributed by atoms with Crippen LogP contribution in [0.2, 0.25) is 0 Å². The molecule has 4 rings (SSSR count). The highest BCUT2D eigenvalue weighted by Crippen LogP contribution is 2.23. The molecule has 0 bridgehead atoms. The van der Waals surface area contributed by atoms with Gasteiger partial charge in [-0.05, 0) is 43.7 Å². The molecule has 0 spiro atoms. The molecule has 152 valence electrons. The van der Waals surface area contributed by atoms with Crippen LogP contribution in [0, 0.1) is 19.7 Å². The predicted molar refractivity (Wildman–Crippen MR) is 112 cm³/mol. The highest BCUT2D eigenvalue weighted by Gasteiger charge is 2.21. The van der Waals surface area contributed by atoms with Crippen LogP contribution < -0.4 is 5.32 Å². The fourth-order valence-corrected chi connectivity index (χ4v) is 3.68. The molecule has 2 heterocycles. The number of amides is 1. The van der Waals surface area contributed by atoms with Crippen molar-refractivity contribution >= 4 is 5.91 Å². The quantitative estimate of drug-likeness (QED) is 0.529. The minimum Gasteiger partial charge on any atom is -0.343 e. The Morgan fingerprint density at radius 1 is 1.10 bits per heavy atom. The molecule has 0 saturated carbocycles. The molecule has 1 amide bonds. The SMILES string of the molecule is Cc1cc(C(=O)NC(Cn2cncn2)c2ccccc2)c(C)n1-c1cccc(F)c1. The summed E-state index contributed by atoms with van der Waals surface area (Å²) in [5.74, 6) is -0.511. The van der Waals surface area contributed by atoms with Crippen molar-refractivity contribution in [1.29, 1.82) is 0 Å². The van der Waals surface area contributed by atoms with Crippen LogP contribution in [0.5, 0.6) is 0 Å². The van der Waals surface area contributed by atoms with Crippen molar-refractivity contribution in [3.63, 3.8) is 0 Å². The van der Waals surface area contributed by atoms with Gasteiger partial charge in [-0.2, -0.15) is 5.10 Å². The summed E-state index contributed by atoms with van der Waals surface area (Å²) in [5, 5.41) is 7.28. The first-order chi connectivity index (χ1) is 14.5. The Hall–Kier alpha value is -3.74. The molecule has 2 aromatic heterocycles. The summed E-state index contributed by atoms with van der Waals surface area (Å²) in [7, 11) is 0. The van der Waals surface area contributed by atoms with E-state index >= 15 is 0 Å². The van der Waals surface area contributed by atoms with Gasteiger partial charge < -0.3 is 9.88 Å². The van der Waals surface area contributed by atoms with Gasteiger partial charge in [-0.15, -0.1) is 0 Å². The number of aromatic nitrogens is 4. The van der Waals surface area contributed by atoms with Crippen LogP contribution in [0.3, 0.4) is 0 Å². The summed E-state index contributed by atoms with van der Waals surface area (Å²) in [6.07, 6.45) is 3.09. The summed E-state index contributed by atoms with van der Waals surface area (Å²) >= 11 is 0. The molecule has 1 unspecified atom stereocenters. The number of benzene rings is 2. The number of hydrogen-bond acceptors (Lipinski definition) is 3. The van der Waals surface area contributed by atoms with Gasteiger partial charge >= 0.3 is 0 Å². The smallest absolute Gasteiger partial charge is 0.253 e. The van der Waals surface area contributed by atoms with Gasteiger partial charge in [0.05, 0.1) is 18.2 Å². The minimum absolute atomic E-state index is 0.195. The Bertz CT molecular complexity index is 1150. The molecule has 0 aliphatic heterocycles. The molecule has 6 nitrogen and oxygen atoms in total. The van der Waals surface area contributed by atoms with Gasteiger partial charge in [-0.3, -0.25) is 9.48 Å². The van der Waals surface area contributed by atoms with E-state index in [1.807, 2.05) is 60.9 Å². The second kappa shape index (κ2) is 8.32. The first-order valence-electron chi connectivity index (χ1n) is 9.66. The van der Waals surface area contributed by atoms with Crippen LogP contribution >= 0.6 is 0 Å². The number of nitrogens with zero attached hydrogens (tertiary/aromatic N) is 4. The number of rotatable bonds is 6. The minimum atomic E-state index is -0.317. The highest BCUT2D eigenvalue weighted by molar-refractivity contribution is 5.96. The fraction of sp³-hybridized carbons (Fsp3) is 0.174. The van der Waals surface area contributed by atoms with Crippen molar-refractivity contribution in [3.8, 4) is 5.69 Å². The Balaban J connectivity index is 1.64. The maximum absolute atomic E-state index is 13.7. The van der Waals surface area contributed by atoms with Gasteiger partial charge in [-0.1, -0.05) is 36.4 Å². The number of nitrogens with one attached hydrogen (secondary N) is 1. The Morgan fingerprint density at radius 2 is 1.90 bits per heavy atom. The molecule has 0 saturated heterocycles. The predicted octanol–water partition coefficient (Wildman–Crippen LogP) is 4.00. The zero-order valence-corrected chi connectivity index (χ0v) is 16.8. The summed E-state index contributed by atoms with van der Waals surface area (Å²) in [6.45, 7) is 4.22. The van der Waals surface area contributed by atoms with Crippen LogP contribution in [-0.2, 0) is 6.54 Å². The number of halogens is 1. The van der Waals surface area contributed by atoms with E-state index in [2.05, 4.69) is 15.4 Å². The fourth-order valence-electron chi connectivity index (χ4n) is 3.68. The van der Waals surface area contributed by atoms with Gasteiger partial charge in [0.15, 0.2) is 0 Å². The lowest BCUT2D eigenvalue weighted by atomic mass is 10.1. The van der Waals surface area contributed by atoms with Crippen molar-refractivity contribution < 1.29 is 9.18 Å². The summed E-state index contributed by atoms with van der Waals surface area (Å²) in [5.41, 5.74) is 3.82. The molecule has 30 heavy (non-hydrogen) atoms. The normalized spacial score (nSPS) is 12.0. The van der Waals surface area contributed by atoms with E-state index in [4.69, 9.17) is 0 Å². The summed E-state index contributed by atoms with van der Waals surface area (Å²) in [6, 6.07) is 17.6. The lowest BCUT2D eigenvalue weighted by Crippen LogP contribution is -2.32. The van der Waals surface area contributed by atoms with E-state index in [0.717, 1.165) is 17.0 Å². The first kappa shape index (κ1) is 19.6. The third-order valence-electron chi connectivity index (χ3n) is 5.09. The molecule has 0 fully saturated rings. The Labute approximate surface area is 174 Å². The topological polar surface area (TPSA) is 64.7 Å². The number of carbonyl (C=O) groups is 1. The maximum atomic E-state index is 13.7. The molecule has 2 aromatic carbocycles. The monoisotopic (exact) mass is 403 g/mol. The van der Waals surface area contributed by atoms with Crippen LogP contribution in [0.25, 0.3) is 5.69 Å². The van der Waals surface area contributed by atoms with Gasteiger partial charge in [0.1, 0.15) is 18.5 Å². The summed E-state index contributed by atoms with van der Waals surface area (Å²) in [4.78, 5) is 17.2. The molecule has 1 N–H and O–H groups in total. The van der Waals surface area contributed by atoms with Crippen molar-refractivity contribution in [2.75, 3.05) is 0 Å². The van der Waals surface area contributed by atoms with E-state index in [1.54, 1.807) is 17.1 Å². The highest BCUT2D eigenvalue weighted by atomic mass is 19.1. The van der Waals surface area contributed by atoms with Gasteiger partial charge in [0.2, 0.25) is 0 Å². The first-order valence-corrected chi connectivity index (χ1v) is 9.66. The van der Waals surface area contributed by atoms with Gasteiger partial charge in [0, 0.05) is 17.1 Å². The maximum Gasteiger partial charge on any atom is 0.253 e. The van der Waals surface area contributed by atoms with E-state index in [9.17, 15) is 9.18 Å². The molecule has 0 radical (unpaired) electrons. The second-order valence-electron chi connectivity index (χ2n) is 7.15. The molecule has 4 aromatic rings. The van der Waals surface area contributed by atoms with Crippen molar-refractivity contribution in [2.24, 2.45) is 0 Å². The van der Waals surface area contributed by atoms with Crippen LogP contribution in [-0.4, -0.2) is 25.2 Å². The average molecular weight is 403 g/mol. The molecular formula is C23H22FN5O. The molecule has 0 aliphatic carbocycles. The lowest BCUT2D eigenvalue weighted by molar-refractivity contribution is 0.0931. The summed E-state index contributed by atoms with van der Waals surface area (Å²) < 4.78 is 17.3. The van der Waals surface area contributed by atoms with Gasteiger partial charge in [0.25, 0.3) is 5.91 Å². The van der Waals surface area contributed by atoms with E-state index in [1.165, 1.54) is 18.5 Å². The average Bonchev–Trinajstić information content (AvgIpc) is 3.35. The number of aryl methyl sites for hydroxylation is 1. The van der Waals surface area contributed by atoms with Crippen LogP contribution in [0.4, 0.5) is 4.39 Å². The zero-order valence-electron chi connectivity index (χ0n) is 16.8. The lowest BCUT2D eigenvalue weighted by Gasteiger charge is -2.19. The van der Waals surface area contributed by atoms with Gasteiger partial charge in [-0.25, -0.2) is 9.37 Å². The molecule has 1 atom stereocenters. The third-order valence-corrected chi connectivity index (χ3v) is 5.09. The van der Waals surface area contributed by atoms with E-state index in [-0.39, 0.29) is 17.8 Å². The standard InChI is InChI=1S/C23H22FN5O/c1-16-11-21(17(2)29(16)20-10-6-9-19(24)12-20)23(30)27-22(13-28-15-25-14-26-28)18-7-4-3-5-8-18/h3-12,14-15,22H,13H2,1-2H3,(H,27,30). The molecule has 7 heteroatoms. The number of hydrogen-bond donors (Lipinski definition) is 1. The zero-order chi connectivity index (χ0) is 21.1. The molecular weight excluding hydrogens is 381 g/mol. The number of carbonyl (C=O) groups excluding carboxylic acids is 1. The second-order valence-corrected chi connectivity index (χ2v) is 7.15. The van der Waals surface area contributed by atoms with Crippen molar-refractivity contribution in [3.05, 3.63) is 102 Å². The van der Waals surface area contributed by atoms with E-state index in [0.29, 0.717) is 17.8 Å². The third kappa shape index (κ3) is 4.00.